The number of rotatable bonds is 5. The molecule has 1 saturated heterocycles. The van der Waals surface area contributed by atoms with E-state index < -0.39 is 0 Å². The van der Waals surface area contributed by atoms with Gasteiger partial charge in [-0.05, 0) is 25.5 Å². The number of anilines is 1. The molecule has 1 aliphatic heterocycles. The van der Waals surface area contributed by atoms with Crippen LogP contribution in [0.15, 0.2) is 24.3 Å². The molecule has 1 aliphatic carbocycles. The van der Waals surface area contributed by atoms with Crippen LogP contribution in [0.1, 0.15) is 23.7 Å². The van der Waals surface area contributed by atoms with E-state index in [2.05, 4.69) is 10.6 Å². The summed E-state index contributed by atoms with van der Waals surface area (Å²) in [6.07, 6.45) is 1.16. The maximum Gasteiger partial charge on any atom is 0.319 e. The van der Waals surface area contributed by atoms with Crippen LogP contribution < -0.4 is 10.6 Å². The van der Waals surface area contributed by atoms with Crippen LogP contribution in [-0.4, -0.2) is 44.3 Å². The molecule has 0 unspecified atom stereocenters. The Bertz CT molecular complexity index is 604. The second-order valence-corrected chi connectivity index (χ2v) is 6.17. The molecule has 1 aromatic rings. The number of ketones is 1. The van der Waals surface area contributed by atoms with Crippen LogP contribution in [0.25, 0.3) is 0 Å². The number of Topliss-reactive ketones (excluding diaryl/α,β-unsaturated/α-hetero) is 1. The standard InChI is InChI=1S/C17H22N2O4/c1-10(20)11-4-3-5-12(8-11)18-17(21)19-15-13-6-7-23-16(13)14(15)9-22-2/h3-5,8,13-16H,6-7,9H2,1-2H3,(H2,18,19,21)/t13-,14-,15-,16-/m0/s1. The third-order valence-corrected chi connectivity index (χ3v) is 4.71. The molecule has 3 rings (SSSR count). The van der Waals surface area contributed by atoms with Gasteiger partial charge in [-0.2, -0.15) is 0 Å². The first-order chi connectivity index (χ1) is 11.1. The molecule has 2 N–H and O–H groups in total. The predicted molar refractivity (Wildman–Crippen MR) is 85.6 cm³/mol. The number of hydrogen-bond donors (Lipinski definition) is 2. The molecule has 2 amide bonds. The first kappa shape index (κ1) is 16.0. The normalized spacial score (nSPS) is 28.6. The topological polar surface area (TPSA) is 76.7 Å². The van der Waals surface area contributed by atoms with Crippen molar-refractivity contribution in [3.05, 3.63) is 29.8 Å². The largest absolute Gasteiger partial charge is 0.384 e. The Kier molecular flexibility index (Phi) is 4.63. The van der Waals surface area contributed by atoms with E-state index in [0.29, 0.717) is 23.8 Å². The number of nitrogens with one attached hydrogen (secondary N) is 2. The smallest absolute Gasteiger partial charge is 0.319 e. The number of fused-ring (bicyclic) bond motifs is 1. The SMILES string of the molecule is COC[C@H]1[C@@H](NC(=O)Nc2cccc(C(C)=O)c2)[C@@H]2CCO[C@@H]21. The summed E-state index contributed by atoms with van der Waals surface area (Å²) in [6, 6.07) is 6.73. The van der Waals surface area contributed by atoms with Gasteiger partial charge in [-0.3, -0.25) is 4.79 Å². The van der Waals surface area contributed by atoms with E-state index in [1.54, 1.807) is 31.4 Å². The van der Waals surface area contributed by atoms with Crippen molar-refractivity contribution in [3.63, 3.8) is 0 Å². The Balaban J connectivity index is 1.60. The zero-order valence-corrected chi connectivity index (χ0v) is 13.4. The van der Waals surface area contributed by atoms with Crippen LogP contribution in [0.5, 0.6) is 0 Å². The third kappa shape index (κ3) is 3.23. The van der Waals surface area contributed by atoms with E-state index in [1.807, 2.05) is 0 Å². The van der Waals surface area contributed by atoms with Gasteiger partial charge in [0.15, 0.2) is 5.78 Å². The fourth-order valence-corrected chi connectivity index (χ4v) is 3.57. The average molecular weight is 318 g/mol. The molecular formula is C17H22N2O4. The second-order valence-electron chi connectivity index (χ2n) is 6.17. The number of ether oxygens (including phenoxy) is 2. The molecule has 0 aromatic heterocycles. The minimum Gasteiger partial charge on any atom is -0.384 e. The van der Waals surface area contributed by atoms with Gasteiger partial charge < -0.3 is 20.1 Å². The fourth-order valence-electron chi connectivity index (χ4n) is 3.57. The molecule has 23 heavy (non-hydrogen) atoms. The van der Waals surface area contributed by atoms with Gasteiger partial charge in [0.05, 0.1) is 12.7 Å². The maximum absolute atomic E-state index is 12.2. The molecule has 1 saturated carbocycles. The van der Waals surface area contributed by atoms with Crippen molar-refractivity contribution in [2.75, 3.05) is 25.6 Å². The lowest BCUT2D eigenvalue weighted by Gasteiger charge is -2.47. The van der Waals surface area contributed by atoms with Crippen LogP contribution in [0.3, 0.4) is 0 Å². The monoisotopic (exact) mass is 318 g/mol. The number of carbonyl (C=O) groups is 2. The first-order valence-corrected chi connectivity index (χ1v) is 7.89. The lowest BCUT2D eigenvalue weighted by Crippen LogP contribution is -2.63. The van der Waals surface area contributed by atoms with Crippen LogP contribution >= 0.6 is 0 Å². The number of hydrogen-bond acceptors (Lipinski definition) is 4. The number of methoxy groups -OCH3 is 1. The average Bonchev–Trinajstić information content (AvgIpc) is 2.95. The summed E-state index contributed by atoms with van der Waals surface area (Å²) in [5.41, 5.74) is 1.19. The predicted octanol–water partition coefficient (Wildman–Crippen LogP) is 2.06. The highest BCUT2D eigenvalue weighted by atomic mass is 16.5. The molecule has 6 heteroatoms. The quantitative estimate of drug-likeness (QED) is 0.815. The van der Waals surface area contributed by atoms with Crippen molar-refractivity contribution in [1.29, 1.82) is 0 Å². The summed E-state index contributed by atoms with van der Waals surface area (Å²) < 4.78 is 10.9. The summed E-state index contributed by atoms with van der Waals surface area (Å²) >= 11 is 0. The second kappa shape index (κ2) is 6.68. The highest BCUT2D eigenvalue weighted by molar-refractivity contribution is 5.96. The van der Waals surface area contributed by atoms with E-state index in [1.165, 1.54) is 6.92 Å². The molecule has 124 valence electrons. The summed E-state index contributed by atoms with van der Waals surface area (Å²) in [6.45, 7) is 2.82. The van der Waals surface area contributed by atoms with Crippen molar-refractivity contribution in [2.45, 2.75) is 25.5 Å². The van der Waals surface area contributed by atoms with Gasteiger partial charge in [-0.1, -0.05) is 12.1 Å². The van der Waals surface area contributed by atoms with Gasteiger partial charge >= 0.3 is 6.03 Å². The highest BCUT2D eigenvalue weighted by Crippen LogP contribution is 2.43. The summed E-state index contributed by atoms with van der Waals surface area (Å²) in [7, 11) is 1.66. The van der Waals surface area contributed by atoms with Gasteiger partial charge in [-0.15, -0.1) is 0 Å². The number of carbonyl (C=O) groups excluding carboxylic acids is 2. The molecule has 1 heterocycles. The fraction of sp³-hybridized carbons (Fsp3) is 0.529. The van der Waals surface area contributed by atoms with Crippen molar-refractivity contribution in [1.82, 2.24) is 5.32 Å². The molecule has 6 nitrogen and oxygen atoms in total. The van der Waals surface area contributed by atoms with Crippen molar-refractivity contribution >= 4 is 17.5 Å². The maximum atomic E-state index is 12.2. The zero-order chi connectivity index (χ0) is 16.4. The molecule has 0 bridgehead atoms. The van der Waals surface area contributed by atoms with Crippen molar-refractivity contribution in [3.8, 4) is 0 Å². The minimum absolute atomic E-state index is 0.0286. The molecule has 0 spiro atoms. The van der Waals surface area contributed by atoms with Crippen LogP contribution in [0.2, 0.25) is 0 Å². The Labute approximate surface area is 135 Å². The van der Waals surface area contributed by atoms with Gasteiger partial charge in [-0.25, -0.2) is 4.79 Å². The lowest BCUT2D eigenvalue weighted by atomic mass is 9.67. The number of amides is 2. The molecule has 2 aliphatic rings. The highest BCUT2D eigenvalue weighted by Gasteiger charge is 2.54. The molecule has 2 fully saturated rings. The van der Waals surface area contributed by atoms with E-state index in [-0.39, 0.29) is 29.9 Å². The Morgan fingerprint density at radius 3 is 2.96 bits per heavy atom. The Morgan fingerprint density at radius 1 is 1.39 bits per heavy atom. The number of benzene rings is 1. The van der Waals surface area contributed by atoms with E-state index in [4.69, 9.17) is 9.47 Å². The van der Waals surface area contributed by atoms with Gasteiger partial charge in [0.25, 0.3) is 0 Å². The zero-order valence-electron chi connectivity index (χ0n) is 13.4. The molecule has 0 radical (unpaired) electrons. The summed E-state index contributed by atoms with van der Waals surface area (Å²) in [5.74, 6) is 0.533. The Morgan fingerprint density at radius 2 is 2.22 bits per heavy atom. The van der Waals surface area contributed by atoms with Crippen molar-refractivity contribution < 1.29 is 19.1 Å². The van der Waals surface area contributed by atoms with Gasteiger partial charge in [0, 0.05) is 42.8 Å². The first-order valence-electron chi connectivity index (χ1n) is 7.89. The third-order valence-electron chi connectivity index (χ3n) is 4.71. The number of urea groups is 1. The molecular weight excluding hydrogens is 296 g/mol. The Hall–Kier alpha value is -1.92. The molecule has 4 atom stereocenters. The van der Waals surface area contributed by atoms with Crippen molar-refractivity contribution in [2.24, 2.45) is 11.8 Å². The van der Waals surface area contributed by atoms with E-state index in [0.717, 1.165) is 13.0 Å². The van der Waals surface area contributed by atoms with Crippen LogP contribution in [0, 0.1) is 11.8 Å². The van der Waals surface area contributed by atoms with Gasteiger partial charge in [0.1, 0.15) is 0 Å². The molecule has 1 aromatic carbocycles. The van der Waals surface area contributed by atoms with Crippen LogP contribution in [-0.2, 0) is 9.47 Å². The minimum atomic E-state index is -0.262. The van der Waals surface area contributed by atoms with E-state index in [9.17, 15) is 9.59 Å². The van der Waals surface area contributed by atoms with Gasteiger partial charge in [0.2, 0.25) is 0 Å². The lowest BCUT2D eigenvalue weighted by molar-refractivity contribution is -0.0798. The van der Waals surface area contributed by atoms with E-state index >= 15 is 0 Å². The summed E-state index contributed by atoms with van der Waals surface area (Å²) in [4.78, 5) is 23.6. The van der Waals surface area contributed by atoms with Crippen LogP contribution in [0.4, 0.5) is 10.5 Å². The summed E-state index contributed by atoms with van der Waals surface area (Å²) in [5, 5.41) is 5.82.